The quantitative estimate of drug-likeness (QED) is 0.394. The minimum Gasteiger partial charge on any atom is -0.396 e. The van der Waals surface area contributed by atoms with Crippen LogP contribution >= 0.6 is 0 Å². The lowest BCUT2D eigenvalue weighted by atomic mass is 10.3. The molecule has 0 atom stereocenters. The fraction of sp³-hybridized carbons (Fsp3) is 1.00. The largest absolute Gasteiger partial charge is 0.396 e. The minimum atomic E-state index is 0.0796. The molecule has 0 heterocycles. The first-order valence-electron chi connectivity index (χ1n) is 7.43. The lowest BCUT2D eigenvalue weighted by Gasteiger charge is -2.22. The van der Waals surface area contributed by atoms with Crippen molar-refractivity contribution in [2.75, 3.05) is 73.0 Å². The predicted octanol–water partition coefficient (Wildman–Crippen LogP) is 0.123. The zero-order valence-corrected chi connectivity index (χ0v) is 12.8. The van der Waals surface area contributed by atoms with E-state index in [0.717, 1.165) is 39.1 Å². The van der Waals surface area contributed by atoms with Gasteiger partial charge in [-0.05, 0) is 19.3 Å². The van der Waals surface area contributed by atoms with E-state index in [0.29, 0.717) is 32.8 Å². The number of nitrogens with zero attached hydrogens (tertiary/aromatic N) is 1. The molecule has 0 aliphatic heterocycles. The first-order chi connectivity index (χ1) is 9.85. The summed E-state index contributed by atoms with van der Waals surface area (Å²) in [6.45, 7) is 6.23. The molecule has 0 spiro atoms. The van der Waals surface area contributed by atoms with Gasteiger partial charge in [0.2, 0.25) is 0 Å². The number of aliphatic hydroxyl groups excluding tert-OH is 2. The summed E-state index contributed by atoms with van der Waals surface area (Å²) in [5, 5.41) is 17.3. The van der Waals surface area contributed by atoms with E-state index >= 15 is 0 Å². The van der Waals surface area contributed by atoms with Crippen LogP contribution < -0.4 is 0 Å². The second-order valence-corrected chi connectivity index (χ2v) is 4.57. The van der Waals surface area contributed by atoms with Crippen molar-refractivity contribution in [3.8, 4) is 0 Å². The number of hydrogen-bond acceptors (Lipinski definition) is 6. The Bertz CT molecular complexity index is 169. The molecule has 0 saturated heterocycles. The zero-order valence-electron chi connectivity index (χ0n) is 12.8. The highest BCUT2D eigenvalue weighted by molar-refractivity contribution is 4.58. The van der Waals surface area contributed by atoms with Gasteiger partial charge in [-0.15, -0.1) is 0 Å². The Morgan fingerprint density at radius 2 is 1.35 bits per heavy atom. The molecule has 20 heavy (non-hydrogen) atoms. The smallest absolute Gasteiger partial charge is 0.0697 e. The molecule has 0 bridgehead atoms. The molecule has 0 aromatic rings. The monoisotopic (exact) mass is 293 g/mol. The van der Waals surface area contributed by atoms with Crippen LogP contribution in [-0.2, 0) is 14.2 Å². The molecule has 0 radical (unpaired) electrons. The lowest BCUT2D eigenvalue weighted by Crippen LogP contribution is -2.31. The van der Waals surface area contributed by atoms with Crippen molar-refractivity contribution < 1.29 is 24.4 Å². The summed E-state index contributed by atoms with van der Waals surface area (Å²) >= 11 is 0. The van der Waals surface area contributed by atoms with Crippen molar-refractivity contribution >= 4 is 0 Å². The molecular formula is C14H31NO5. The van der Waals surface area contributed by atoms with Gasteiger partial charge in [0.05, 0.1) is 19.8 Å². The van der Waals surface area contributed by atoms with Gasteiger partial charge in [0.25, 0.3) is 0 Å². The van der Waals surface area contributed by atoms with Gasteiger partial charge in [-0.3, -0.25) is 0 Å². The third-order valence-electron chi connectivity index (χ3n) is 2.82. The highest BCUT2D eigenvalue weighted by Gasteiger charge is 2.04. The summed E-state index contributed by atoms with van der Waals surface area (Å²) in [7, 11) is 1.71. The topological polar surface area (TPSA) is 71.4 Å². The molecular weight excluding hydrogens is 262 g/mol. The molecule has 0 aromatic heterocycles. The third-order valence-corrected chi connectivity index (χ3v) is 2.82. The molecule has 122 valence electrons. The third kappa shape index (κ3) is 14.2. The van der Waals surface area contributed by atoms with E-state index in [-0.39, 0.29) is 13.2 Å². The summed E-state index contributed by atoms with van der Waals surface area (Å²) in [6.07, 6.45) is 2.65. The first-order valence-corrected chi connectivity index (χ1v) is 7.43. The molecule has 0 unspecified atom stereocenters. The summed E-state index contributed by atoms with van der Waals surface area (Å²) in [6, 6.07) is 0. The van der Waals surface area contributed by atoms with Crippen LogP contribution in [0.1, 0.15) is 19.3 Å². The van der Waals surface area contributed by atoms with Gasteiger partial charge in [0.1, 0.15) is 0 Å². The van der Waals surface area contributed by atoms with Crippen molar-refractivity contribution in [2.45, 2.75) is 19.3 Å². The Labute approximate surface area is 122 Å². The van der Waals surface area contributed by atoms with E-state index in [9.17, 15) is 0 Å². The maximum atomic E-state index is 8.67. The highest BCUT2D eigenvalue weighted by Crippen LogP contribution is 1.96. The number of methoxy groups -OCH3 is 1. The average Bonchev–Trinajstić information content (AvgIpc) is 2.46. The standard InChI is InChI=1S/C14H31NO5/c1-18-10-2-5-15(6-3-11-20-14-9-17)7-13-19-12-4-8-16/h16-17H,2-14H2,1H3. The maximum absolute atomic E-state index is 8.67. The molecule has 0 fully saturated rings. The summed E-state index contributed by atoms with van der Waals surface area (Å²) in [5.74, 6) is 0. The second kappa shape index (κ2) is 16.8. The Hall–Kier alpha value is -0.240. The van der Waals surface area contributed by atoms with E-state index in [4.69, 9.17) is 24.4 Å². The Morgan fingerprint density at radius 3 is 2.00 bits per heavy atom. The van der Waals surface area contributed by atoms with E-state index in [1.54, 1.807) is 7.11 Å². The Kier molecular flexibility index (Phi) is 16.6. The van der Waals surface area contributed by atoms with Crippen LogP contribution in [0.4, 0.5) is 0 Å². The normalized spacial score (nSPS) is 11.4. The lowest BCUT2D eigenvalue weighted by molar-refractivity contribution is 0.0702. The Morgan fingerprint density at radius 1 is 0.700 bits per heavy atom. The predicted molar refractivity (Wildman–Crippen MR) is 78.0 cm³/mol. The van der Waals surface area contributed by atoms with E-state index in [1.165, 1.54) is 0 Å². The van der Waals surface area contributed by atoms with Gasteiger partial charge >= 0.3 is 0 Å². The van der Waals surface area contributed by atoms with Crippen LogP contribution in [0.2, 0.25) is 0 Å². The van der Waals surface area contributed by atoms with E-state index in [1.807, 2.05) is 0 Å². The van der Waals surface area contributed by atoms with Crippen LogP contribution in [0, 0.1) is 0 Å². The minimum absolute atomic E-state index is 0.0796. The molecule has 0 aliphatic carbocycles. The van der Waals surface area contributed by atoms with Crippen LogP contribution in [0.25, 0.3) is 0 Å². The van der Waals surface area contributed by atoms with Crippen LogP contribution in [0.3, 0.4) is 0 Å². The number of ether oxygens (including phenoxy) is 3. The molecule has 0 aliphatic rings. The summed E-state index contributed by atoms with van der Waals surface area (Å²) in [4.78, 5) is 2.33. The van der Waals surface area contributed by atoms with E-state index < -0.39 is 0 Å². The SMILES string of the molecule is COCCCN(CCCOCCO)CCOCCCO. The first kappa shape index (κ1) is 19.8. The molecule has 6 heteroatoms. The summed E-state index contributed by atoms with van der Waals surface area (Å²) in [5.41, 5.74) is 0. The fourth-order valence-electron chi connectivity index (χ4n) is 1.79. The van der Waals surface area contributed by atoms with Gasteiger partial charge in [-0.25, -0.2) is 0 Å². The van der Waals surface area contributed by atoms with Gasteiger partial charge in [-0.1, -0.05) is 0 Å². The number of rotatable bonds is 16. The van der Waals surface area contributed by atoms with Crippen molar-refractivity contribution in [3.05, 3.63) is 0 Å². The molecule has 0 amide bonds. The highest BCUT2D eigenvalue weighted by atomic mass is 16.5. The van der Waals surface area contributed by atoms with Gasteiger partial charge < -0.3 is 29.3 Å². The van der Waals surface area contributed by atoms with Crippen molar-refractivity contribution in [1.82, 2.24) is 4.90 Å². The number of aliphatic hydroxyl groups is 2. The van der Waals surface area contributed by atoms with Gasteiger partial charge in [-0.2, -0.15) is 0 Å². The zero-order chi connectivity index (χ0) is 14.9. The average molecular weight is 293 g/mol. The van der Waals surface area contributed by atoms with Crippen LogP contribution in [0.5, 0.6) is 0 Å². The van der Waals surface area contributed by atoms with Crippen molar-refractivity contribution in [1.29, 1.82) is 0 Å². The van der Waals surface area contributed by atoms with Crippen LogP contribution in [-0.4, -0.2) is 88.1 Å². The van der Waals surface area contributed by atoms with E-state index in [2.05, 4.69) is 4.90 Å². The molecule has 0 saturated carbocycles. The molecule has 0 aromatic carbocycles. The Balaban J connectivity index is 3.64. The van der Waals surface area contributed by atoms with Crippen molar-refractivity contribution in [2.24, 2.45) is 0 Å². The van der Waals surface area contributed by atoms with Gasteiger partial charge in [0.15, 0.2) is 0 Å². The molecule has 0 rings (SSSR count). The number of hydrogen-bond donors (Lipinski definition) is 2. The second-order valence-electron chi connectivity index (χ2n) is 4.57. The summed E-state index contributed by atoms with van der Waals surface area (Å²) < 4.78 is 15.8. The maximum Gasteiger partial charge on any atom is 0.0697 e. The molecule has 2 N–H and O–H groups in total. The molecule has 6 nitrogen and oxygen atoms in total. The van der Waals surface area contributed by atoms with Gasteiger partial charge in [0, 0.05) is 53.2 Å². The van der Waals surface area contributed by atoms with Crippen molar-refractivity contribution in [3.63, 3.8) is 0 Å². The fourth-order valence-corrected chi connectivity index (χ4v) is 1.79. The van der Waals surface area contributed by atoms with Crippen LogP contribution in [0.15, 0.2) is 0 Å².